The largest absolute Gasteiger partial charge is 0.384 e. The molecule has 0 saturated carbocycles. The second kappa shape index (κ2) is 4.45. The van der Waals surface area contributed by atoms with E-state index in [4.69, 9.17) is 17.3 Å². The molecule has 0 aliphatic rings. The monoisotopic (exact) mass is 237 g/mol. The van der Waals surface area contributed by atoms with Crippen LogP contribution in [-0.2, 0) is 13.0 Å². The first kappa shape index (κ1) is 10.8. The van der Waals surface area contributed by atoms with Crippen molar-refractivity contribution in [3.63, 3.8) is 0 Å². The van der Waals surface area contributed by atoms with Gasteiger partial charge in [-0.3, -0.25) is 14.6 Å². The summed E-state index contributed by atoms with van der Waals surface area (Å²) in [4.78, 5) is 11.3. The molecule has 0 aliphatic carbocycles. The van der Waals surface area contributed by atoms with E-state index in [0.29, 0.717) is 17.4 Å². The van der Waals surface area contributed by atoms with Gasteiger partial charge in [0.1, 0.15) is 5.82 Å². The summed E-state index contributed by atoms with van der Waals surface area (Å²) in [5.74, 6) is 0.390. The molecule has 1 aromatic carbocycles. The predicted octanol–water partition coefficient (Wildman–Crippen LogP) is 1.65. The lowest BCUT2D eigenvalue weighted by Crippen LogP contribution is -2.17. The summed E-state index contributed by atoms with van der Waals surface area (Å²) in [5.41, 5.74) is 6.50. The van der Waals surface area contributed by atoms with Gasteiger partial charge in [0, 0.05) is 17.6 Å². The Labute approximate surface area is 97.6 Å². The van der Waals surface area contributed by atoms with Crippen LogP contribution in [0.4, 0.5) is 5.82 Å². The molecule has 0 saturated heterocycles. The number of aromatic nitrogens is 2. The summed E-state index contributed by atoms with van der Waals surface area (Å²) in [6, 6.07) is 8.94. The second-order valence-corrected chi connectivity index (χ2v) is 4.01. The van der Waals surface area contributed by atoms with Crippen LogP contribution in [-0.4, -0.2) is 9.78 Å². The summed E-state index contributed by atoms with van der Waals surface area (Å²) in [6.45, 7) is 0.581. The minimum absolute atomic E-state index is 0.105. The number of nitrogens with zero attached hydrogens (tertiary/aromatic N) is 1. The Morgan fingerprint density at radius 3 is 2.56 bits per heavy atom. The highest BCUT2D eigenvalue weighted by Crippen LogP contribution is 2.10. The number of hydrogen-bond donors (Lipinski definition) is 2. The molecule has 0 spiro atoms. The molecule has 16 heavy (non-hydrogen) atoms. The number of nitrogens with two attached hydrogens (primary N) is 1. The highest BCUT2D eigenvalue weighted by Gasteiger charge is 2.00. The number of hydrogen-bond acceptors (Lipinski definition) is 2. The van der Waals surface area contributed by atoms with Crippen molar-refractivity contribution in [2.75, 3.05) is 5.73 Å². The summed E-state index contributed by atoms with van der Waals surface area (Å²) in [6.07, 6.45) is 0.761. The number of anilines is 1. The lowest BCUT2D eigenvalue weighted by molar-refractivity contribution is 0.599. The first-order valence-electron chi connectivity index (χ1n) is 4.95. The third-order valence-corrected chi connectivity index (χ3v) is 2.60. The molecule has 3 N–H and O–H groups in total. The smallest absolute Gasteiger partial charge is 0.268 e. The van der Waals surface area contributed by atoms with Gasteiger partial charge in [-0.25, -0.2) is 0 Å². The maximum Gasteiger partial charge on any atom is 0.268 e. The standard InChI is InChI=1S/C11H12ClN3O/c12-9-3-1-8(2-4-9)5-6-15-11(16)7-10(13)14-15/h1-4,7,14H,5-6,13H2. The SMILES string of the molecule is Nc1cc(=O)n(CCc2ccc(Cl)cc2)[nH]1. The molecule has 0 radical (unpaired) electrons. The van der Waals surface area contributed by atoms with E-state index >= 15 is 0 Å². The number of benzene rings is 1. The van der Waals surface area contributed by atoms with Gasteiger partial charge in [-0.05, 0) is 24.1 Å². The Morgan fingerprint density at radius 2 is 2.00 bits per heavy atom. The first-order chi connectivity index (χ1) is 7.65. The fraction of sp³-hybridized carbons (Fsp3) is 0.182. The average molecular weight is 238 g/mol. The molecular weight excluding hydrogens is 226 g/mol. The van der Waals surface area contributed by atoms with E-state index in [1.54, 1.807) is 0 Å². The lowest BCUT2D eigenvalue weighted by atomic mass is 10.1. The van der Waals surface area contributed by atoms with Crippen molar-refractivity contribution in [3.05, 3.63) is 51.3 Å². The molecule has 2 aromatic rings. The van der Waals surface area contributed by atoms with Crippen molar-refractivity contribution in [1.29, 1.82) is 0 Å². The lowest BCUT2D eigenvalue weighted by Gasteiger charge is -2.02. The van der Waals surface area contributed by atoms with Crippen molar-refractivity contribution in [2.45, 2.75) is 13.0 Å². The van der Waals surface area contributed by atoms with Crippen molar-refractivity contribution >= 4 is 17.4 Å². The zero-order valence-electron chi connectivity index (χ0n) is 8.61. The molecule has 0 atom stereocenters. The van der Waals surface area contributed by atoms with Crippen LogP contribution in [0.3, 0.4) is 0 Å². The Balaban J connectivity index is 2.05. The maximum atomic E-state index is 11.3. The van der Waals surface area contributed by atoms with Crippen LogP contribution >= 0.6 is 11.6 Å². The second-order valence-electron chi connectivity index (χ2n) is 3.58. The van der Waals surface area contributed by atoms with Gasteiger partial charge in [0.25, 0.3) is 5.56 Å². The van der Waals surface area contributed by atoms with E-state index < -0.39 is 0 Å². The molecule has 0 unspecified atom stereocenters. The number of nitrogens with one attached hydrogen (secondary N) is 1. The maximum absolute atomic E-state index is 11.3. The van der Waals surface area contributed by atoms with E-state index in [-0.39, 0.29) is 5.56 Å². The molecule has 4 nitrogen and oxygen atoms in total. The molecule has 0 fully saturated rings. The topological polar surface area (TPSA) is 63.8 Å². The molecule has 84 valence electrons. The average Bonchev–Trinajstić information content (AvgIpc) is 2.57. The number of nitrogen functional groups attached to an aromatic ring is 1. The van der Waals surface area contributed by atoms with Gasteiger partial charge in [-0.2, -0.15) is 0 Å². The summed E-state index contributed by atoms with van der Waals surface area (Å²) < 4.78 is 1.49. The van der Waals surface area contributed by atoms with Gasteiger partial charge in [0.05, 0.1) is 0 Å². The molecular formula is C11H12ClN3O. The molecule has 0 aliphatic heterocycles. The predicted molar refractivity (Wildman–Crippen MR) is 64.6 cm³/mol. The van der Waals surface area contributed by atoms with Gasteiger partial charge >= 0.3 is 0 Å². The highest BCUT2D eigenvalue weighted by molar-refractivity contribution is 6.30. The van der Waals surface area contributed by atoms with Gasteiger partial charge in [0.15, 0.2) is 0 Å². The molecule has 1 heterocycles. The molecule has 0 amide bonds. The fourth-order valence-corrected chi connectivity index (χ4v) is 1.64. The Hall–Kier alpha value is -1.68. The number of H-pyrrole nitrogens is 1. The molecule has 0 bridgehead atoms. The van der Waals surface area contributed by atoms with Crippen LogP contribution in [0.1, 0.15) is 5.56 Å². The Bertz CT molecular complexity index is 527. The third kappa shape index (κ3) is 2.46. The van der Waals surface area contributed by atoms with Gasteiger partial charge in [-0.15, -0.1) is 0 Å². The van der Waals surface area contributed by atoms with Gasteiger partial charge in [-0.1, -0.05) is 23.7 Å². The Morgan fingerprint density at radius 1 is 1.31 bits per heavy atom. The van der Waals surface area contributed by atoms with E-state index in [0.717, 1.165) is 12.0 Å². The number of aromatic amines is 1. The minimum atomic E-state index is -0.105. The number of rotatable bonds is 3. The Kier molecular flexibility index (Phi) is 3.01. The summed E-state index contributed by atoms with van der Waals surface area (Å²) in [5, 5.41) is 3.49. The van der Waals surface area contributed by atoms with Crippen molar-refractivity contribution in [3.8, 4) is 0 Å². The van der Waals surface area contributed by atoms with E-state index in [1.807, 2.05) is 24.3 Å². The molecule has 2 rings (SSSR count). The van der Waals surface area contributed by atoms with Crippen LogP contribution in [0.5, 0.6) is 0 Å². The molecule has 5 heteroatoms. The van der Waals surface area contributed by atoms with Crippen LogP contribution in [0.15, 0.2) is 35.1 Å². The van der Waals surface area contributed by atoms with Crippen LogP contribution < -0.4 is 11.3 Å². The van der Waals surface area contributed by atoms with Gasteiger partial charge in [0.2, 0.25) is 0 Å². The van der Waals surface area contributed by atoms with Crippen LogP contribution in [0.2, 0.25) is 5.02 Å². The summed E-state index contributed by atoms with van der Waals surface area (Å²) >= 11 is 5.78. The third-order valence-electron chi connectivity index (χ3n) is 2.35. The molecule has 1 aromatic heterocycles. The number of halogens is 1. The number of aryl methyl sites for hydroxylation is 2. The van der Waals surface area contributed by atoms with Crippen LogP contribution in [0.25, 0.3) is 0 Å². The van der Waals surface area contributed by atoms with Gasteiger partial charge < -0.3 is 5.73 Å². The summed E-state index contributed by atoms with van der Waals surface area (Å²) in [7, 11) is 0. The van der Waals surface area contributed by atoms with E-state index in [9.17, 15) is 4.79 Å². The zero-order valence-corrected chi connectivity index (χ0v) is 9.37. The van der Waals surface area contributed by atoms with E-state index in [1.165, 1.54) is 10.7 Å². The van der Waals surface area contributed by atoms with E-state index in [2.05, 4.69) is 5.10 Å². The van der Waals surface area contributed by atoms with Crippen molar-refractivity contribution in [1.82, 2.24) is 9.78 Å². The quantitative estimate of drug-likeness (QED) is 0.853. The van der Waals surface area contributed by atoms with Crippen molar-refractivity contribution < 1.29 is 0 Å². The van der Waals surface area contributed by atoms with Crippen molar-refractivity contribution in [2.24, 2.45) is 0 Å². The fourth-order valence-electron chi connectivity index (χ4n) is 1.51. The zero-order chi connectivity index (χ0) is 11.5. The first-order valence-corrected chi connectivity index (χ1v) is 5.33. The normalized spacial score (nSPS) is 10.6. The highest BCUT2D eigenvalue weighted by atomic mass is 35.5. The minimum Gasteiger partial charge on any atom is -0.384 e. The van der Waals surface area contributed by atoms with Crippen LogP contribution in [0, 0.1) is 0 Å².